The molecule has 0 atom stereocenters. The summed E-state index contributed by atoms with van der Waals surface area (Å²) in [5.41, 5.74) is 5.07. The van der Waals surface area contributed by atoms with E-state index in [2.05, 4.69) is 24.5 Å². The van der Waals surface area contributed by atoms with Gasteiger partial charge in [-0.1, -0.05) is 18.2 Å². The van der Waals surface area contributed by atoms with E-state index in [1.807, 2.05) is 60.7 Å². The lowest BCUT2D eigenvalue weighted by Gasteiger charge is -2.15. The Bertz CT molecular complexity index is 1210. The third-order valence-corrected chi connectivity index (χ3v) is 6.69. The van der Waals surface area contributed by atoms with Crippen molar-refractivity contribution in [3.8, 4) is 11.4 Å². The van der Waals surface area contributed by atoms with Gasteiger partial charge in [-0.05, 0) is 86.1 Å². The molecule has 0 saturated carbocycles. The number of hydrogen-bond acceptors (Lipinski definition) is 5. The zero-order chi connectivity index (χ0) is 24.1. The summed E-state index contributed by atoms with van der Waals surface area (Å²) in [7, 11) is 3.33. The first-order chi connectivity index (χ1) is 16.5. The maximum atomic E-state index is 13.3. The molecule has 7 heteroatoms. The molecule has 2 aromatic carbocycles. The lowest BCUT2D eigenvalue weighted by Crippen LogP contribution is -2.30. The predicted octanol–water partition coefficient (Wildman–Crippen LogP) is 5.74. The van der Waals surface area contributed by atoms with Gasteiger partial charge in [0.2, 0.25) is 0 Å². The minimum Gasteiger partial charge on any atom is -0.497 e. The average molecular weight is 476 g/mol. The molecule has 34 heavy (non-hydrogen) atoms. The van der Waals surface area contributed by atoms with E-state index in [0.29, 0.717) is 23.2 Å². The standard InChI is InChI=1S/C27H29N3O3S/c1-19-17-21(20(2)30(19)23-11-13-24(33-4)14-12-23)18-25-26(31)29(15-8-16-32-3)27(34-25)28-22-9-6-5-7-10-22/h5-7,9-14,17-18H,8,15-16H2,1-4H3/b25-18-,28-27?. The summed E-state index contributed by atoms with van der Waals surface area (Å²) in [5, 5.41) is 0.697. The number of aromatic nitrogens is 1. The van der Waals surface area contributed by atoms with Crippen LogP contribution in [-0.4, -0.2) is 47.9 Å². The Kier molecular flexibility index (Phi) is 7.55. The Morgan fingerprint density at radius 1 is 1.03 bits per heavy atom. The molecule has 0 spiro atoms. The Morgan fingerprint density at radius 2 is 1.76 bits per heavy atom. The number of aliphatic imine (C=N–C) groups is 1. The van der Waals surface area contributed by atoms with Crippen LogP contribution in [0.2, 0.25) is 0 Å². The molecule has 3 aromatic rings. The molecule has 0 radical (unpaired) electrons. The summed E-state index contributed by atoms with van der Waals surface area (Å²) in [6.07, 6.45) is 2.72. The van der Waals surface area contributed by atoms with Crippen LogP contribution in [0.25, 0.3) is 11.8 Å². The molecule has 0 bridgehead atoms. The third-order valence-electron chi connectivity index (χ3n) is 5.69. The van der Waals surface area contributed by atoms with Crippen molar-refractivity contribution in [3.05, 3.63) is 82.5 Å². The van der Waals surface area contributed by atoms with Crippen molar-refractivity contribution in [3.63, 3.8) is 0 Å². The fourth-order valence-corrected chi connectivity index (χ4v) is 4.99. The van der Waals surface area contributed by atoms with E-state index in [4.69, 9.17) is 14.5 Å². The predicted molar refractivity (Wildman–Crippen MR) is 139 cm³/mol. The van der Waals surface area contributed by atoms with Gasteiger partial charge in [-0.2, -0.15) is 0 Å². The highest BCUT2D eigenvalue weighted by Gasteiger charge is 2.33. The van der Waals surface area contributed by atoms with Crippen molar-refractivity contribution in [1.82, 2.24) is 9.47 Å². The van der Waals surface area contributed by atoms with E-state index in [-0.39, 0.29) is 5.91 Å². The minimum absolute atomic E-state index is 0.0231. The fraction of sp³-hybridized carbons (Fsp3) is 0.259. The minimum atomic E-state index is -0.0231. The van der Waals surface area contributed by atoms with Crippen LogP contribution in [0.4, 0.5) is 5.69 Å². The lowest BCUT2D eigenvalue weighted by molar-refractivity contribution is -0.122. The number of carbonyl (C=O) groups excluding carboxylic acids is 1. The van der Waals surface area contributed by atoms with Crippen LogP contribution in [0.3, 0.4) is 0 Å². The van der Waals surface area contributed by atoms with Gasteiger partial charge in [0, 0.05) is 37.3 Å². The van der Waals surface area contributed by atoms with Crippen LogP contribution < -0.4 is 4.74 Å². The molecule has 176 valence electrons. The summed E-state index contributed by atoms with van der Waals surface area (Å²) in [6, 6.07) is 19.8. The van der Waals surface area contributed by atoms with Crippen molar-refractivity contribution in [1.29, 1.82) is 0 Å². The molecule has 1 aliphatic heterocycles. The second-order valence-electron chi connectivity index (χ2n) is 8.00. The van der Waals surface area contributed by atoms with Crippen molar-refractivity contribution in [2.75, 3.05) is 27.4 Å². The largest absolute Gasteiger partial charge is 0.497 e. The van der Waals surface area contributed by atoms with Gasteiger partial charge >= 0.3 is 0 Å². The second-order valence-corrected chi connectivity index (χ2v) is 9.01. The quantitative estimate of drug-likeness (QED) is 0.308. The Balaban J connectivity index is 1.66. The number of para-hydroxylation sites is 1. The van der Waals surface area contributed by atoms with Crippen molar-refractivity contribution in [2.45, 2.75) is 20.3 Å². The number of hydrogen-bond donors (Lipinski definition) is 0. The fourth-order valence-electron chi connectivity index (χ4n) is 3.97. The molecule has 6 nitrogen and oxygen atoms in total. The number of carbonyl (C=O) groups is 1. The van der Waals surface area contributed by atoms with Gasteiger partial charge < -0.3 is 14.0 Å². The molecular weight excluding hydrogens is 446 g/mol. The van der Waals surface area contributed by atoms with Gasteiger partial charge in [-0.3, -0.25) is 9.69 Å². The number of thioether (sulfide) groups is 1. The molecule has 1 amide bonds. The van der Waals surface area contributed by atoms with Crippen molar-refractivity contribution < 1.29 is 14.3 Å². The van der Waals surface area contributed by atoms with Crippen molar-refractivity contribution in [2.24, 2.45) is 4.99 Å². The lowest BCUT2D eigenvalue weighted by atomic mass is 10.2. The van der Waals surface area contributed by atoms with E-state index in [1.165, 1.54) is 11.8 Å². The summed E-state index contributed by atoms with van der Waals surface area (Å²) >= 11 is 1.42. The maximum Gasteiger partial charge on any atom is 0.266 e. The topological polar surface area (TPSA) is 56.1 Å². The first-order valence-electron chi connectivity index (χ1n) is 11.2. The number of aryl methyl sites for hydroxylation is 1. The molecule has 4 rings (SSSR count). The number of nitrogens with zero attached hydrogens (tertiary/aromatic N) is 3. The van der Waals surface area contributed by atoms with Crippen molar-refractivity contribution >= 4 is 34.6 Å². The summed E-state index contributed by atoms with van der Waals surface area (Å²) in [6.45, 7) is 5.30. The summed E-state index contributed by atoms with van der Waals surface area (Å²) in [5.74, 6) is 0.797. The third kappa shape index (κ3) is 5.11. The molecule has 0 aliphatic carbocycles. The van der Waals surface area contributed by atoms with E-state index < -0.39 is 0 Å². The van der Waals surface area contributed by atoms with E-state index in [9.17, 15) is 4.79 Å². The monoisotopic (exact) mass is 475 g/mol. The first-order valence-corrected chi connectivity index (χ1v) is 12.0. The normalized spacial score (nSPS) is 16.1. The maximum absolute atomic E-state index is 13.3. The smallest absolute Gasteiger partial charge is 0.266 e. The molecule has 2 heterocycles. The second kappa shape index (κ2) is 10.8. The Labute approximate surface area is 204 Å². The zero-order valence-corrected chi connectivity index (χ0v) is 20.8. The van der Waals surface area contributed by atoms with Gasteiger partial charge in [0.05, 0.1) is 17.7 Å². The van der Waals surface area contributed by atoms with Crippen LogP contribution in [0, 0.1) is 13.8 Å². The van der Waals surface area contributed by atoms with Crippen LogP contribution >= 0.6 is 11.8 Å². The number of amidine groups is 1. The number of methoxy groups -OCH3 is 2. The number of benzene rings is 2. The summed E-state index contributed by atoms with van der Waals surface area (Å²) < 4.78 is 12.7. The van der Waals surface area contributed by atoms with Gasteiger partial charge in [0.1, 0.15) is 5.75 Å². The van der Waals surface area contributed by atoms with Crippen LogP contribution in [0.1, 0.15) is 23.4 Å². The summed E-state index contributed by atoms with van der Waals surface area (Å²) in [4.78, 5) is 20.5. The first kappa shape index (κ1) is 23.9. The van der Waals surface area contributed by atoms with E-state index in [1.54, 1.807) is 19.1 Å². The number of ether oxygens (including phenoxy) is 2. The highest BCUT2D eigenvalue weighted by molar-refractivity contribution is 8.18. The van der Waals surface area contributed by atoms with Gasteiger partial charge in [0.15, 0.2) is 5.17 Å². The van der Waals surface area contributed by atoms with E-state index in [0.717, 1.165) is 40.5 Å². The zero-order valence-electron chi connectivity index (χ0n) is 19.9. The van der Waals surface area contributed by atoms with Crippen LogP contribution in [0.5, 0.6) is 5.75 Å². The number of rotatable bonds is 8. The van der Waals surface area contributed by atoms with E-state index >= 15 is 0 Å². The molecular formula is C27H29N3O3S. The molecule has 0 N–H and O–H groups in total. The SMILES string of the molecule is COCCCN1C(=O)/C(=C/c2cc(C)n(-c3ccc(OC)cc3)c2C)SC1=Nc1ccccc1. The molecule has 1 saturated heterocycles. The molecule has 1 fully saturated rings. The highest BCUT2D eigenvalue weighted by Crippen LogP contribution is 2.35. The van der Waals surface area contributed by atoms with Gasteiger partial charge in [-0.15, -0.1) is 0 Å². The van der Waals surface area contributed by atoms with Crippen LogP contribution in [0.15, 0.2) is 70.6 Å². The molecule has 0 unspecified atom stereocenters. The number of amides is 1. The average Bonchev–Trinajstić information content (AvgIpc) is 3.29. The van der Waals surface area contributed by atoms with Crippen LogP contribution in [-0.2, 0) is 9.53 Å². The molecule has 1 aliphatic rings. The Morgan fingerprint density at radius 3 is 2.44 bits per heavy atom. The van der Waals surface area contributed by atoms with Gasteiger partial charge in [-0.25, -0.2) is 4.99 Å². The highest BCUT2D eigenvalue weighted by atomic mass is 32.2. The molecule has 1 aromatic heterocycles. The van der Waals surface area contributed by atoms with Gasteiger partial charge in [0.25, 0.3) is 5.91 Å². The Hall–Kier alpha value is -3.29.